The number of benzene rings is 1. The molecule has 1 aromatic heterocycles. The van der Waals surface area contributed by atoms with Crippen LogP contribution in [-0.4, -0.2) is 23.2 Å². The van der Waals surface area contributed by atoms with E-state index in [9.17, 15) is 9.90 Å². The third-order valence-corrected chi connectivity index (χ3v) is 3.54. The summed E-state index contributed by atoms with van der Waals surface area (Å²) in [6, 6.07) is 10.8. The second-order valence-electron chi connectivity index (χ2n) is 5.75. The Kier molecular flexibility index (Phi) is 5.82. The summed E-state index contributed by atoms with van der Waals surface area (Å²) in [6.45, 7) is 5.53. The number of ether oxygens (including phenoxy) is 1. The van der Waals surface area contributed by atoms with E-state index in [1.54, 1.807) is 19.1 Å². The van der Waals surface area contributed by atoms with Gasteiger partial charge in [0.2, 0.25) is 0 Å². The summed E-state index contributed by atoms with van der Waals surface area (Å²) in [5.74, 6) is 0.932. The molecule has 0 saturated carbocycles. The van der Waals surface area contributed by atoms with Crippen LogP contribution in [0.1, 0.15) is 37.7 Å². The van der Waals surface area contributed by atoms with Crippen LogP contribution in [0, 0.1) is 6.92 Å². The lowest BCUT2D eigenvalue weighted by molar-refractivity contribution is -0.128. The molecule has 0 spiro atoms. The normalized spacial score (nSPS) is 14.8. The Balaban J connectivity index is 1.81. The number of aliphatic hydroxyl groups excluding tert-OH is 1. The first-order valence-corrected chi connectivity index (χ1v) is 7.71. The maximum Gasteiger partial charge on any atom is 0.260 e. The topological polar surface area (TPSA) is 71.7 Å². The molecule has 0 aliphatic carbocycles. The molecular weight excluding hydrogens is 294 g/mol. The first kappa shape index (κ1) is 17.1. The standard InChI is InChI=1S/C18H23NO4/c1-12-6-8-15(9-7-12)23-14(3)18(21)19-13(2)11-16(20)17-5-4-10-22-17/h4-10,13-14,16,20H,11H2,1-3H3,(H,19,21). The molecule has 23 heavy (non-hydrogen) atoms. The zero-order valence-electron chi connectivity index (χ0n) is 13.7. The van der Waals surface area contributed by atoms with Crippen molar-refractivity contribution in [1.82, 2.24) is 5.32 Å². The summed E-state index contributed by atoms with van der Waals surface area (Å²) in [5, 5.41) is 12.9. The fraction of sp³-hybridized carbons (Fsp3) is 0.389. The lowest BCUT2D eigenvalue weighted by Crippen LogP contribution is -2.41. The van der Waals surface area contributed by atoms with Crippen LogP contribution in [-0.2, 0) is 4.79 Å². The first-order chi connectivity index (χ1) is 11.0. The van der Waals surface area contributed by atoms with Crippen LogP contribution in [0.3, 0.4) is 0 Å². The molecule has 0 saturated heterocycles. The predicted octanol–water partition coefficient (Wildman–Crippen LogP) is 2.98. The number of aliphatic hydroxyl groups is 1. The zero-order valence-corrected chi connectivity index (χ0v) is 13.7. The van der Waals surface area contributed by atoms with Gasteiger partial charge in [0, 0.05) is 12.5 Å². The number of hydrogen-bond donors (Lipinski definition) is 2. The smallest absolute Gasteiger partial charge is 0.260 e. The van der Waals surface area contributed by atoms with Gasteiger partial charge < -0.3 is 19.6 Å². The molecule has 0 aliphatic heterocycles. The Morgan fingerprint density at radius 2 is 1.96 bits per heavy atom. The number of amides is 1. The van der Waals surface area contributed by atoms with Crippen molar-refractivity contribution < 1.29 is 19.1 Å². The van der Waals surface area contributed by atoms with E-state index in [0.717, 1.165) is 5.56 Å². The van der Waals surface area contributed by atoms with E-state index in [1.807, 2.05) is 38.1 Å². The van der Waals surface area contributed by atoms with E-state index in [2.05, 4.69) is 5.32 Å². The molecule has 1 heterocycles. The van der Waals surface area contributed by atoms with Gasteiger partial charge in [0.05, 0.1) is 6.26 Å². The SMILES string of the molecule is Cc1ccc(OC(C)C(=O)NC(C)CC(O)c2ccco2)cc1. The van der Waals surface area contributed by atoms with Crippen molar-refractivity contribution in [3.05, 3.63) is 54.0 Å². The largest absolute Gasteiger partial charge is 0.481 e. The molecule has 5 nitrogen and oxygen atoms in total. The quantitative estimate of drug-likeness (QED) is 0.823. The molecule has 124 valence electrons. The summed E-state index contributed by atoms with van der Waals surface area (Å²) >= 11 is 0. The van der Waals surface area contributed by atoms with Crippen molar-refractivity contribution in [1.29, 1.82) is 0 Å². The zero-order chi connectivity index (χ0) is 16.8. The van der Waals surface area contributed by atoms with E-state index in [1.165, 1.54) is 6.26 Å². The highest BCUT2D eigenvalue weighted by atomic mass is 16.5. The van der Waals surface area contributed by atoms with Crippen molar-refractivity contribution in [2.75, 3.05) is 0 Å². The van der Waals surface area contributed by atoms with Gasteiger partial charge in [-0.1, -0.05) is 17.7 Å². The number of nitrogens with one attached hydrogen (secondary N) is 1. The molecule has 0 fully saturated rings. The Hall–Kier alpha value is -2.27. The van der Waals surface area contributed by atoms with Crippen LogP contribution in [0.2, 0.25) is 0 Å². The predicted molar refractivity (Wildman–Crippen MR) is 87.2 cm³/mol. The highest BCUT2D eigenvalue weighted by Crippen LogP contribution is 2.18. The van der Waals surface area contributed by atoms with Gasteiger partial charge in [-0.2, -0.15) is 0 Å². The van der Waals surface area contributed by atoms with Crippen LogP contribution in [0.25, 0.3) is 0 Å². The van der Waals surface area contributed by atoms with Gasteiger partial charge in [-0.3, -0.25) is 4.79 Å². The Morgan fingerprint density at radius 3 is 2.57 bits per heavy atom. The lowest BCUT2D eigenvalue weighted by atomic mass is 10.1. The van der Waals surface area contributed by atoms with Gasteiger partial charge in [0.15, 0.2) is 6.10 Å². The molecule has 0 aliphatic rings. The third-order valence-electron chi connectivity index (χ3n) is 3.54. The molecule has 3 atom stereocenters. The molecule has 5 heteroatoms. The maximum atomic E-state index is 12.2. The Bertz CT molecular complexity index is 606. The molecule has 1 aromatic carbocycles. The van der Waals surface area contributed by atoms with Crippen LogP contribution in [0.15, 0.2) is 47.1 Å². The summed E-state index contributed by atoms with van der Waals surface area (Å²) in [7, 11) is 0. The van der Waals surface area contributed by atoms with E-state index in [0.29, 0.717) is 17.9 Å². The van der Waals surface area contributed by atoms with Crippen molar-refractivity contribution in [3.8, 4) is 5.75 Å². The average molecular weight is 317 g/mol. The molecule has 2 rings (SSSR count). The van der Waals surface area contributed by atoms with Crippen LogP contribution in [0.5, 0.6) is 5.75 Å². The highest BCUT2D eigenvalue weighted by Gasteiger charge is 2.20. The molecular formula is C18H23NO4. The maximum absolute atomic E-state index is 12.2. The van der Waals surface area contributed by atoms with E-state index in [-0.39, 0.29) is 11.9 Å². The van der Waals surface area contributed by atoms with Gasteiger partial charge in [-0.05, 0) is 45.0 Å². The van der Waals surface area contributed by atoms with E-state index >= 15 is 0 Å². The molecule has 0 radical (unpaired) electrons. The average Bonchev–Trinajstić information content (AvgIpc) is 3.03. The number of carbonyl (C=O) groups excluding carboxylic acids is 1. The van der Waals surface area contributed by atoms with E-state index < -0.39 is 12.2 Å². The molecule has 2 N–H and O–H groups in total. The van der Waals surface area contributed by atoms with Gasteiger partial charge in [-0.25, -0.2) is 0 Å². The van der Waals surface area contributed by atoms with Crippen molar-refractivity contribution >= 4 is 5.91 Å². The van der Waals surface area contributed by atoms with Gasteiger partial charge in [-0.15, -0.1) is 0 Å². The minimum atomic E-state index is -0.742. The summed E-state index contributed by atoms with van der Waals surface area (Å²) < 4.78 is 10.8. The monoisotopic (exact) mass is 317 g/mol. The number of furan rings is 1. The number of rotatable bonds is 7. The minimum absolute atomic E-state index is 0.202. The minimum Gasteiger partial charge on any atom is -0.481 e. The number of aryl methyl sites for hydroxylation is 1. The van der Waals surface area contributed by atoms with Crippen LogP contribution >= 0.6 is 0 Å². The third kappa shape index (κ3) is 5.14. The first-order valence-electron chi connectivity index (χ1n) is 7.71. The van der Waals surface area contributed by atoms with Gasteiger partial charge in [0.1, 0.15) is 17.6 Å². The van der Waals surface area contributed by atoms with Crippen LogP contribution in [0.4, 0.5) is 0 Å². The van der Waals surface area contributed by atoms with Crippen LogP contribution < -0.4 is 10.1 Å². The molecule has 3 unspecified atom stereocenters. The van der Waals surface area contributed by atoms with Gasteiger partial charge >= 0.3 is 0 Å². The fourth-order valence-electron chi connectivity index (χ4n) is 2.23. The number of hydrogen-bond acceptors (Lipinski definition) is 4. The lowest BCUT2D eigenvalue weighted by Gasteiger charge is -2.20. The van der Waals surface area contributed by atoms with E-state index in [4.69, 9.17) is 9.15 Å². The second kappa shape index (κ2) is 7.83. The fourth-order valence-corrected chi connectivity index (χ4v) is 2.23. The van der Waals surface area contributed by atoms with Crippen molar-refractivity contribution in [2.45, 2.75) is 45.4 Å². The summed E-state index contributed by atoms with van der Waals surface area (Å²) in [6.07, 6.45) is 0.532. The molecule has 1 amide bonds. The number of carbonyl (C=O) groups is 1. The van der Waals surface area contributed by atoms with Gasteiger partial charge in [0.25, 0.3) is 5.91 Å². The Morgan fingerprint density at radius 1 is 1.26 bits per heavy atom. The second-order valence-corrected chi connectivity index (χ2v) is 5.75. The highest BCUT2D eigenvalue weighted by molar-refractivity contribution is 5.80. The van der Waals surface area contributed by atoms with Crippen molar-refractivity contribution in [3.63, 3.8) is 0 Å². The Labute approximate surface area is 136 Å². The molecule has 0 bridgehead atoms. The summed E-state index contributed by atoms with van der Waals surface area (Å²) in [5.41, 5.74) is 1.13. The summed E-state index contributed by atoms with van der Waals surface area (Å²) in [4.78, 5) is 12.2. The van der Waals surface area contributed by atoms with Crippen molar-refractivity contribution in [2.24, 2.45) is 0 Å². The molecule has 2 aromatic rings.